The molecule has 3 N–H and O–H groups in total. The van der Waals surface area contributed by atoms with Crippen LogP contribution >= 0.6 is 0 Å². The number of halogens is 1. The van der Waals surface area contributed by atoms with E-state index in [-0.39, 0.29) is 37.0 Å². The molecule has 2 aliphatic carbocycles. The number of nitrogens with zero attached hydrogens (tertiary/aromatic N) is 2. The Morgan fingerprint density at radius 2 is 1.57 bits per heavy atom. The number of carbonyl (C=O) groups excluding carboxylic acids is 4. The van der Waals surface area contributed by atoms with E-state index in [4.69, 9.17) is 0 Å². The number of nitrogens with one attached hydrogen (secondary N) is 1. The first-order valence-electron chi connectivity index (χ1n) is 17.2. The van der Waals surface area contributed by atoms with Crippen LogP contribution in [-0.4, -0.2) is 50.3 Å². The van der Waals surface area contributed by atoms with Crippen molar-refractivity contribution in [3.8, 4) is 11.5 Å². The van der Waals surface area contributed by atoms with Gasteiger partial charge in [-0.25, -0.2) is 4.39 Å². The number of carbonyl (C=O) groups is 4. The van der Waals surface area contributed by atoms with Crippen molar-refractivity contribution >= 4 is 29.3 Å². The van der Waals surface area contributed by atoms with Gasteiger partial charge in [-0.05, 0) is 85.2 Å². The zero-order valence-corrected chi connectivity index (χ0v) is 27.8. The summed E-state index contributed by atoms with van der Waals surface area (Å²) in [6.07, 6.45) is 2.70. The number of benzene rings is 4. The number of aryl methyl sites for hydroxylation is 1. The van der Waals surface area contributed by atoms with Crippen molar-refractivity contribution in [1.29, 1.82) is 0 Å². The van der Waals surface area contributed by atoms with Crippen LogP contribution in [0.25, 0.3) is 0 Å². The highest BCUT2D eigenvalue weighted by atomic mass is 19.1. The minimum absolute atomic E-state index is 0.121. The average molecular weight is 686 g/mol. The first-order valence-corrected chi connectivity index (χ1v) is 17.2. The summed E-state index contributed by atoms with van der Waals surface area (Å²) in [5.74, 6) is -6.74. The molecule has 4 aromatic rings. The molecule has 10 heteroatoms. The molecular weight excluding hydrogens is 649 g/mol. The third-order valence-corrected chi connectivity index (χ3v) is 11.3. The summed E-state index contributed by atoms with van der Waals surface area (Å²) in [7, 11) is 0. The molecule has 0 unspecified atom stereocenters. The molecule has 6 atom stereocenters. The van der Waals surface area contributed by atoms with Gasteiger partial charge in [-0.2, -0.15) is 5.01 Å². The summed E-state index contributed by atoms with van der Waals surface area (Å²) >= 11 is 0. The minimum Gasteiger partial charge on any atom is -0.508 e. The van der Waals surface area contributed by atoms with Crippen LogP contribution in [0.4, 0.5) is 10.1 Å². The van der Waals surface area contributed by atoms with E-state index in [1.807, 2.05) is 31.2 Å². The summed E-state index contributed by atoms with van der Waals surface area (Å²) in [6, 6.07) is 26.9. The molecule has 9 nitrogen and oxygen atoms in total. The number of phenols is 2. The predicted octanol–water partition coefficient (Wildman–Crippen LogP) is 5.77. The van der Waals surface area contributed by atoms with E-state index in [0.29, 0.717) is 28.8 Å². The molecule has 4 aliphatic rings. The molecule has 0 spiro atoms. The van der Waals surface area contributed by atoms with Gasteiger partial charge in [-0.1, -0.05) is 77.9 Å². The Hall–Kier alpha value is -5.77. The lowest BCUT2D eigenvalue weighted by Crippen LogP contribution is -2.53. The van der Waals surface area contributed by atoms with Crippen LogP contribution in [0, 0.1) is 36.4 Å². The maximum Gasteiger partial charge on any atom is 0.260 e. The van der Waals surface area contributed by atoms with Crippen LogP contribution in [0.2, 0.25) is 0 Å². The summed E-state index contributed by atoms with van der Waals surface area (Å²) in [6.45, 7) is 2.09. The number of hydrogen-bond donors (Lipinski definition) is 3. The molecule has 1 saturated carbocycles. The summed E-state index contributed by atoms with van der Waals surface area (Å²) in [4.78, 5) is 59.3. The normalized spacial score (nSPS) is 26.9. The van der Waals surface area contributed by atoms with Gasteiger partial charge in [0.25, 0.3) is 11.8 Å². The molecule has 2 saturated heterocycles. The Morgan fingerprint density at radius 3 is 2.27 bits per heavy atom. The third-order valence-electron chi connectivity index (χ3n) is 11.3. The lowest BCUT2D eigenvalue weighted by atomic mass is 9.49. The Labute approximate surface area is 294 Å². The first kappa shape index (κ1) is 32.4. The maximum absolute atomic E-state index is 15.3. The molecule has 2 aliphatic heterocycles. The van der Waals surface area contributed by atoms with Gasteiger partial charge in [0, 0.05) is 12.5 Å². The Bertz CT molecular complexity index is 2100. The Morgan fingerprint density at radius 1 is 0.843 bits per heavy atom. The van der Waals surface area contributed by atoms with E-state index in [2.05, 4.69) is 5.43 Å². The topological polar surface area (TPSA) is 127 Å². The van der Waals surface area contributed by atoms with E-state index in [9.17, 15) is 24.6 Å². The summed E-state index contributed by atoms with van der Waals surface area (Å²) < 4.78 is 15.3. The zero-order valence-electron chi connectivity index (χ0n) is 27.8. The highest BCUT2D eigenvalue weighted by Gasteiger charge is 2.70. The lowest BCUT2D eigenvalue weighted by molar-refractivity contribution is -0.141. The number of allylic oxidation sites excluding steroid dienone is 2. The van der Waals surface area contributed by atoms with Gasteiger partial charge >= 0.3 is 0 Å². The number of anilines is 1. The second kappa shape index (κ2) is 12.2. The van der Waals surface area contributed by atoms with Gasteiger partial charge < -0.3 is 10.2 Å². The number of hydrazine groups is 1. The van der Waals surface area contributed by atoms with Crippen LogP contribution in [0.15, 0.2) is 109 Å². The lowest BCUT2D eigenvalue weighted by Gasteiger charge is -2.50. The van der Waals surface area contributed by atoms with E-state index >= 15 is 9.18 Å². The van der Waals surface area contributed by atoms with E-state index in [1.165, 1.54) is 17.0 Å². The fraction of sp³-hybridized carbons (Fsp3) is 0.268. The van der Waals surface area contributed by atoms with Gasteiger partial charge in [0.05, 0.1) is 28.9 Å². The molecule has 51 heavy (non-hydrogen) atoms. The first-order chi connectivity index (χ1) is 24.6. The molecule has 2 heterocycles. The standard InChI is InChI=1S/C41H36FN3O6/c1-23-7-12-27(13-8-23)43-45-38(49)32-22-31-29(16-17-30-35(31)39(50)44(37(30)48)20-19-24-9-14-28(46)15-10-24)36(25-11-18-34(47)33(42)21-25)41(32,40(45)51)26-5-3-2-4-6-26/h2-16,18,21,30-32,35-36,43,46-47H,17,19-20,22H2,1H3/t30-,31+,32-,35-,36-,41+/m0/s1. The molecule has 0 bridgehead atoms. The van der Waals surface area contributed by atoms with Crippen molar-refractivity contribution in [2.24, 2.45) is 23.7 Å². The molecule has 0 radical (unpaired) electrons. The van der Waals surface area contributed by atoms with Crippen molar-refractivity contribution in [3.63, 3.8) is 0 Å². The van der Waals surface area contributed by atoms with Crippen LogP contribution in [0.5, 0.6) is 11.5 Å². The fourth-order valence-electron chi connectivity index (χ4n) is 9.01. The number of aromatic hydroxyl groups is 2. The fourth-order valence-corrected chi connectivity index (χ4v) is 9.01. The van der Waals surface area contributed by atoms with Crippen LogP contribution in [0.3, 0.4) is 0 Å². The number of imide groups is 2. The quantitative estimate of drug-likeness (QED) is 0.167. The highest BCUT2D eigenvalue weighted by Crippen LogP contribution is 2.64. The smallest absolute Gasteiger partial charge is 0.260 e. The maximum atomic E-state index is 15.3. The Kier molecular flexibility index (Phi) is 7.77. The van der Waals surface area contributed by atoms with Gasteiger partial charge in [-0.15, -0.1) is 0 Å². The van der Waals surface area contributed by atoms with Crippen LogP contribution in [0.1, 0.15) is 41.0 Å². The SMILES string of the molecule is Cc1ccc(NN2C(=O)[C@@H]3C[C@@H]4C(=CC[C@@H]5C(=O)N(CCc6ccc(O)cc6)C(=O)[C@@H]54)[C@H](c4ccc(O)c(F)c4)[C@]3(c3ccccc3)C2=O)cc1. The van der Waals surface area contributed by atoms with Crippen molar-refractivity contribution in [2.45, 2.75) is 37.5 Å². The van der Waals surface area contributed by atoms with Gasteiger partial charge in [0.2, 0.25) is 11.8 Å². The average Bonchev–Trinajstić information content (AvgIpc) is 3.51. The minimum atomic E-state index is -1.53. The molecule has 3 fully saturated rings. The molecule has 4 amide bonds. The van der Waals surface area contributed by atoms with E-state index in [0.717, 1.165) is 16.1 Å². The number of hydrogen-bond acceptors (Lipinski definition) is 7. The van der Waals surface area contributed by atoms with Crippen LogP contribution in [-0.2, 0) is 31.0 Å². The van der Waals surface area contributed by atoms with Crippen molar-refractivity contribution < 1.29 is 33.8 Å². The van der Waals surface area contributed by atoms with Gasteiger partial charge in [0.1, 0.15) is 5.75 Å². The number of likely N-dealkylation sites (tertiary alicyclic amines) is 1. The number of fused-ring (bicyclic) bond motifs is 4. The number of amides is 4. The monoisotopic (exact) mass is 685 g/mol. The summed E-state index contributed by atoms with van der Waals surface area (Å²) in [5, 5.41) is 20.9. The van der Waals surface area contributed by atoms with Gasteiger partial charge in [0.15, 0.2) is 11.6 Å². The van der Waals surface area contributed by atoms with E-state index in [1.54, 1.807) is 66.7 Å². The number of phenolic OH excluding ortho intramolecular Hbond substituents is 2. The van der Waals surface area contributed by atoms with E-state index < -0.39 is 58.4 Å². The second-order valence-corrected chi connectivity index (χ2v) is 14.0. The number of rotatable bonds is 7. The molecule has 258 valence electrons. The largest absolute Gasteiger partial charge is 0.508 e. The van der Waals surface area contributed by atoms with Crippen molar-refractivity contribution in [1.82, 2.24) is 9.91 Å². The third kappa shape index (κ3) is 5.03. The van der Waals surface area contributed by atoms with Gasteiger partial charge in [-0.3, -0.25) is 29.5 Å². The zero-order chi connectivity index (χ0) is 35.6. The molecular formula is C41H36FN3O6. The molecule has 4 aromatic carbocycles. The second-order valence-electron chi connectivity index (χ2n) is 14.0. The van der Waals surface area contributed by atoms with Crippen molar-refractivity contribution in [2.75, 3.05) is 12.0 Å². The van der Waals surface area contributed by atoms with Crippen LogP contribution < -0.4 is 5.43 Å². The van der Waals surface area contributed by atoms with Crippen molar-refractivity contribution in [3.05, 3.63) is 137 Å². The predicted molar refractivity (Wildman–Crippen MR) is 185 cm³/mol. The summed E-state index contributed by atoms with van der Waals surface area (Å²) in [5.41, 5.74) is 5.59. The molecule has 8 rings (SSSR count). The Balaban J connectivity index is 1.25. The molecule has 0 aromatic heterocycles. The highest BCUT2D eigenvalue weighted by molar-refractivity contribution is 6.13.